The first kappa shape index (κ1) is 9.72. The second-order valence-corrected chi connectivity index (χ2v) is 4.69. The molecule has 0 aromatic heterocycles. The Labute approximate surface area is 85.8 Å². The maximum absolute atomic E-state index is 10.5. The van der Waals surface area contributed by atoms with Gasteiger partial charge in [-0.25, -0.2) is 0 Å². The van der Waals surface area contributed by atoms with Gasteiger partial charge in [0.1, 0.15) is 0 Å². The molecule has 76 valence electrons. The van der Waals surface area contributed by atoms with Crippen molar-refractivity contribution < 1.29 is 5.11 Å². The molecule has 0 amide bonds. The maximum atomic E-state index is 10.5. The van der Waals surface area contributed by atoms with Gasteiger partial charge in [-0.3, -0.25) is 0 Å². The Kier molecular flexibility index (Phi) is 2.15. The lowest BCUT2D eigenvalue weighted by Crippen LogP contribution is -2.26. The number of aryl methyl sites for hydroxylation is 2. The van der Waals surface area contributed by atoms with Crippen LogP contribution in [0.5, 0.6) is 0 Å². The summed E-state index contributed by atoms with van der Waals surface area (Å²) in [5.74, 6) is 0.474. The van der Waals surface area contributed by atoms with Crippen molar-refractivity contribution >= 4 is 0 Å². The first-order valence-electron chi connectivity index (χ1n) is 5.32. The van der Waals surface area contributed by atoms with Crippen LogP contribution in [-0.2, 0) is 5.60 Å². The molecule has 0 radical (unpaired) electrons. The fourth-order valence-corrected chi connectivity index (χ4v) is 2.46. The summed E-state index contributed by atoms with van der Waals surface area (Å²) >= 11 is 0. The minimum absolute atomic E-state index is 0.474. The van der Waals surface area contributed by atoms with Gasteiger partial charge in [-0.05, 0) is 56.2 Å². The van der Waals surface area contributed by atoms with Crippen molar-refractivity contribution in [3.8, 4) is 0 Å². The van der Waals surface area contributed by atoms with Gasteiger partial charge in [0.2, 0.25) is 0 Å². The largest absolute Gasteiger partial charge is 0.385 e. The molecule has 0 aliphatic heterocycles. The van der Waals surface area contributed by atoms with Gasteiger partial charge in [-0.1, -0.05) is 18.2 Å². The summed E-state index contributed by atoms with van der Waals surface area (Å²) in [7, 11) is 0. The van der Waals surface area contributed by atoms with Crippen molar-refractivity contribution in [2.75, 3.05) is 0 Å². The SMILES string of the molecule is Cc1cccc(C)c1C(C)(O)C1CC1. The Bertz CT molecular complexity index is 328. The molecule has 1 unspecified atom stereocenters. The molecule has 0 bridgehead atoms. The lowest BCUT2D eigenvalue weighted by atomic mass is 9.85. The van der Waals surface area contributed by atoms with Crippen molar-refractivity contribution in [3.63, 3.8) is 0 Å². The molecule has 1 aromatic carbocycles. The predicted octanol–water partition coefficient (Wildman–Crippen LogP) is 2.92. The molecule has 1 N–H and O–H groups in total. The van der Waals surface area contributed by atoms with Crippen LogP contribution in [0.25, 0.3) is 0 Å². The molecule has 0 spiro atoms. The predicted molar refractivity (Wildman–Crippen MR) is 58.2 cm³/mol. The smallest absolute Gasteiger partial charge is 0.0901 e. The number of aliphatic hydroxyl groups is 1. The van der Waals surface area contributed by atoms with E-state index in [1.165, 1.54) is 24.0 Å². The molecule has 1 aliphatic rings. The molecule has 0 heterocycles. The average Bonchev–Trinajstić information content (AvgIpc) is 2.84. The fraction of sp³-hybridized carbons (Fsp3) is 0.538. The normalized spacial score (nSPS) is 20.6. The van der Waals surface area contributed by atoms with Gasteiger partial charge in [-0.15, -0.1) is 0 Å². The Morgan fingerprint density at radius 1 is 1.21 bits per heavy atom. The van der Waals surface area contributed by atoms with E-state index in [0.29, 0.717) is 5.92 Å². The molecule has 1 heteroatoms. The molecule has 1 nitrogen and oxygen atoms in total. The summed E-state index contributed by atoms with van der Waals surface area (Å²) in [6.45, 7) is 6.12. The lowest BCUT2D eigenvalue weighted by Gasteiger charge is -2.27. The third-order valence-electron chi connectivity index (χ3n) is 3.36. The zero-order valence-electron chi connectivity index (χ0n) is 9.17. The maximum Gasteiger partial charge on any atom is 0.0901 e. The monoisotopic (exact) mass is 190 g/mol. The van der Waals surface area contributed by atoms with E-state index in [-0.39, 0.29) is 0 Å². The van der Waals surface area contributed by atoms with Crippen LogP contribution in [0.15, 0.2) is 18.2 Å². The standard InChI is InChI=1S/C13H18O/c1-9-5-4-6-10(2)12(9)13(3,14)11-7-8-11/h4-6,11,14H,7-8H2,1-3H3. The second-order valence-electron chi connectivity index (χ2n) is 4.69. The Hall–Kier alpha value is -0.820. The van der Waals surface area contributed by atoms with Gasteiger partial charge < -0.3 is 5.11 Å². The van der Waals surface area contributed by atoms with Gasteiger partial charge >= 0.3 is 0 Å². The van der Waals surface area contributed by atoms with Gasteiger partial charge in [0, 0.05) is 0 Å². The molecule has 1 saturated carbocycles. The van der Waals surface area contributed by atoms with E-state index in [1.807, 2.05) is 6.92 Å². The van der Waals surface area contributed by atoms with E-state index in [4.69, 9.17) is 0 Å². The zero-order chi connectivity index (χ0) is 10.3. The number of rotatable bonds is 2. The molecule has 0 saturated heterocycles. The molecule has 14 heavy (non-hydrogen) atoms. The quantitative estimate of drug-likeness (QED) is 0.760. The van der Waals surface area contributed by atoms with Crippen LogP contribution in [0.4, 0.5) is 0 Å². The summed E-state index contributed by atoms with van der Waals surface area (Å²) in [6.07, 6.45) is 2.33. The van der Waals surface area contributed by atoms with E-state index >= 15 is 0 Å². The Morgan fingerprint density at radius 2 is 1.71 bits per heavy atom. The zero-order valence-corrected chi connectivity index (χ0v) is 9.17. The van der Waals surface area contributed by atoms with Gasteiger partial charge in [0.25, 0.3) is 0 Å². The highest BCUT2D eigenvalue weighted by Crippen LogP contribution is 2.47. The second kappa shape index (κ2) is 3.09. The van der Waals surface area contributed by atoms with Crippen LogP contribution < -0.4 is 0 Å². The average molecular weight is 190 g/mol. The van der Waals surface area contributed by atoms with E-state index in [2.05, 4.69) is 32.0 Å². The fourth-order valence-electron chi connectivity index (χ4n) is 2.46. The number of hydrogen-bond acceptors (Lipinski definition) is 1. The van der Waals surface area contributed by atoms with Gasteiger partial charge in [0.15, 0.2) is 0 Å². The first-order chi connectivity index (χ1) is 6.53. The summed E-state index contributed by atoms with van der Waals surface area (Å²) in [5, 5.41) is 10.5. The molecule has 2 rings (SSSR count). The third kappa shape index (κ3) is 1.46. The minimum Gasteiger partial charge on any atom is -0.385 e. The first-order valence-corrected chi connectivity index (χ1v) is 5.32. The van der Waals surface area contributed by atoms with Crippen LogP contribution in [-0.4, -0.2) is 5.11 Å². The topological polar surface area (TPSA) is 20.2 Å². The Morgan fingerprint density at radius 3 is 2.14 bits per heavy atom. The molecule has 1 aliphatic carbocycles. The highest BCUT2D eigenvalue weighted by atomic mass is 16.3. The summed E-state index contributed by atoms with van der Waals surface area (Å²) < 4.78 is 0. The minimum atomic E-state index is -0.616. The highest BCUT2D eigenvalue weighted by Gasteiger charge is 2.42. The molecule has 1 aromatic rings. The van der Waals surface area contributed by atoms with Gasteiger partial charge in [0.05, 0.1) is 5.60 Å². The van der Waals surface area contributed by atoms with Crippen molar-refractivity contribution in [3.05, 3.63) is 34.9 Å². The van der Waals surface area contributed by atoms with E-state index in [0.717, 1.165) is 5.56 Å². The van der Waals surface area contributed by atoms with Crippen molar-refractivity contribution in [2.24, 2.45) is 5.92 Å². The summed E-state index contributed by atoms with van der Waals surface area (Å²) in [4.78, 5) is 0. The van der Waals surface area contributed by atoms with Crippen molar-refractivity contribution in [1.29, 1.82) is 0 Å². The molecule has 1 fully saturated rings. The van der Waals surface area contributed by atoms with Crippen molar-refractivity contribution in [2.45, 2.75) is 39.2 Å². The van der Waals surface area contributed by atoms with Gasteiger partial charge in [-0.2, -0.15) is 0 Å². The molecular weight excluding hydrogens is 172 g/mol. The highest BCUT2D eigenvalue weighted by molar-refractivity contribution is 5.39. The van der Waals surface area contributed by atoms with Crippen LogP contribution in [0.3, 0.4) is 0 Å². The van der Waals surface area contributed by atoms with Crippen LogP contribution >= 0.6 is 0 Å². The van der Waals surface area contributed by atoms with Crippen LogP contribution in [0.2, 0.25) is 0 Å². The molecule has 1 atom stereocenters. The van der Waals surface area contributed by atoms with E-state index in [9.17, 15) is 5.11 Å². The number of benzene rings is 1. The summed E-state index contributed by atoms with van der Waals surface area (Å²) in [5.41, 5.74) is 2.95. The molecular formula is C13H18O. The van der Waals surface area contributed by atoms with E-state index in [1.54, 1.807) is 0 Å². The summed E-state index contributed by atoms with van der Waals surface area (Å²) in [6, 6.07) is 6.22. The van der Waals surface area contributed by atoms with Crippen LogP contribution in [0, 0.1) is 19.8 Å². The lowest BCUT2D eigenvalue weighted by molar-refractivity contribution is 0.0318. The van der Waals surface area contributed by atoms with Crippen LogP contribution in [0.1, 0.15) is 36.5 Å². The van der Waals surface area contributed by atoms with Crippen molar-refractivity contribution in [1.82, 2.24) is 0 Å². The van der Waals surface area contributed by atoms with E-state index < -0.39 is 5.60 Å². The Balaban J connectivity index is 2.48. The number of hydrogen-bond donors (Lipinski definition) is 1. The third-order valence-corrected chi connectivity index (χ3v) is 3.36.